The number of hydrogen-bond acceptors (Lipinski definition) is 4. The molecule has 1 aromatic carbocycles. The molecule has 2 N–H and O–H groups in total. The van der Waals surface area contributed by atoms with E-state index in [1.807, 2.05) is 46.0 Å². The summed E-state index contributed by atoms with van der Waals surface area (Å²) in [6, 6.07) is 5.51. The topological polar surface area (TPSA) is 62.3 Å². The van der Waals surface area contributed by atoms with Crippen LogP contribution in [-0.2, 0) is 7.05 Å². The first-order chi connectivity index (χ1) is 9.04. The lowest BCUT2D eigenvalue weighted by Crippen LogP contribution is -1.99. The van der Waals surface area contributed by atoms with Crippen molar-refractivity contribution >= 4 is 5.69 Å². The summed E-state index contributed by atoms with van der Waals surface area (Å²) in [5.74, 6) is 1.96. The first-order valence-corrected chi connectivity index (χ1v) is 6.24. The van der Waals surface area contributed by atoms with Gasteiger partial charge in [-0.2, -0.15) is 5.10 Å². The molecule has 5 heteroatoms. The number of para-hydroxylation sites is 1. The number of rotatable bonds is 4. The molecule has 19 heavy (non-hydrogen) atoms. The molecule has 0 radical (unpaired) electrons. The molecule has 5 nitrogen and oxygen atoms in total. The van der Waals surface area contributed by atoms with Crippen LogP contribution in [0.3, 0.4) is 0 Å². The maximum Gasteiger partial charge on any atom is 0.171 e. The van der Waals surface area contributed by atoms with Crippen molar-refractivity contribution in [3.63, 3.8) is 0 Å². The molecule has 0 aliphatic heterocycles. The van der Waals surface area contributed by atoms with E-state index >= 15 is 0 Å². The Hall–Kier alpha value is -2.17. The van der Waals surface area contributed by atoms with Crippen LogP contribution in [0.4, 0.5) is 5.69 Å². The standard InChI is InChI=1S/C14H19N3O2/c1-5-18-11-7-6-8-12(13(11)15)19-14-9(2)16-17(4)10(14)3/h6-8H,5,15H2,1-4H3. The number of aromatic nitrogens is 2. The maximum atomic E-state index is 6.05. The quantitative estimate of drug-likeness (QED) is 0.860. The van der Waals surface area contributed by atoms with Crippen LogP contribution in [0.2, 0.25) is 0 Å². The van der Waals surface area contributed by atoms with Gasteiger partial charge in [0.25, 0.3) is 0 Å². The van der Waals surface area contributed by atoms with Crippen molar-refractivity contribution in [3.05, 3.63) is 29.6 Å². The van der Waals surface area contributed by atoms with Crippen LogP contribution in [-0.4, -0.2) is 16.4 Å². The number of nitrogen functional groups attached to an aromatic ring is 1. The lowest BCUT2D eigenvalue weighted by Gasteiger charge is -2.12. The summed E-state index contributed by atoms with van der Waals surface area (Å²) in [4.78, 5) is 0. The summed E-state index contributed by atoms with van der Waals surface area (Å²) in [5, 5.41) is 4.31. The van der Waals surface area contributed by atoms with Gasteiger partial charge in [-0.25, -0.2) is 0 Å². The molecular formula is C14H19N3O2. The molecule has 1 heterocycles. The molecule has 1 aromatic heterocycles. The van der Waals surface area contributed by atoms with Gasteiger partial charge in [-0.1, -0.05) is 6.07 Å². The van der Waals surface area contributed by atoms with E-state index in [9.17, 15) is 0 Å². The Balaban J connectivity index is 2.36. The minimum absolute atomic E-state index is 0.506. The third-order valence-electron chi connectivity index (χ3n) is 2.98. The molecule has 0 fully saturated rings. The Kier molecular flexibility index (Phi) is 3.64. The van der Waals surface area contributed by atoms with Crippen LogP contribution in [0.15, 0.2) is 18.2 Å². The number of benzene rings is 1. The predicted molar refractivity (Wildman–Crippen MR) is 74.8 cm³/mol. The molecule has 0 bridgehead atoms. The van der Waals surface area contributed by atoms with E-state index in [0.29, 0.717) is 23.8 Å². The van der Waals surface area contributed by atoms with Gasteiger partial charge in [0.15, 0.2) is 11.5 Å². The summed E-state index contributed by atoms with van der Waals surface area (Å²) < 4.78 is 13.1. The van der Waals surface area contributed by atoms with Crippen molar-refractivity contribution in [2.75, 3.05) is 12.3 Å². The number of ether oxygens (including phenoxy) is 2. The smallest absolute Gasteiger partial charge is 0.171 e. The Morgan fingerprint density at radius 3 is 2.53 bits per heavy atom. The highest BCUT2D eigenvalue weighted by atomic mass is 16.5. The Morgan fingerprint density at radius 2 is 1.95 bits per heavy atom. The van der Waals surface area contributed by atoms with Gasteiger partial charge in [0, 0.05) is 7.05 Å². The average Bonchev–Trinajstić information content (AvgIpc) is 2.61. The van der Waals surface area contributed by atoms with E-state index in [1.165, 1.54) is 0 Å². The van der Waals surface area contributed by atoms with Crippen LogP contribution < -0.4 is 15.2 Å². The number of nitrogens with zero attached hydrogens (tertiary/aromatic N) is 2. The van der Waals surface area contributed by atoms with Crippen molar-refractivity contribution in [3.8, 4) is 17.2 Å². The third kappa shape index (κ3) is 2.50. The Labute approximate surface area is 112 Å². The summed E-state index contributed by atoms with van der Waals surface area (Å²) >= 11 is 0. The van der Waals surface area contributed by atoms with Gasteiger partial charge in [0.2, 0.25) is 0 Å². The SMILES string of the molecule is CCOc1cccc(Oc2c(C)nn(C)c2C)c1N. The lowest BCUT2D eigenvalue weighted by atomic mass is 10.2. The number of aryl methyl sites for hydroxylation is 2. The molecule has 0 aliphatic rings. The van der Waals surface area contributed by atoms with Crippen molar-refractivity contribution in [2.45, 2.75) is 20.8 Å². The molecule has 2 rings (SSSR count). The summed E-state index contributed by atoms with van der Waals surface area (Å²) in [5.41, 5.74) is 8.35. The van der Waals surface area contributed by atoms with Gasteiger partial charge in [-0.15, -0.1) is 0 Å². The van der Waals surface area contributed by atoms with Gasteiger partial charge >= 0.3 is 0 Å². The second-order valence-corrected chi connectivity index (χ2v) is 4.33. The highest BCUT2D eigenvalue weighted by molar-refractivity contribution is 5.63. The van der Waals surface area contributed by atoms with Crippen LogP contribution in [0.5, 0.6) is 17.2 Å². The molecule has 0 aliphatic carbocycles. The fraction of sp³-hybridized carbons (Fsp3) is 0.357. The summed E-state index contributed by atoms with van der Waals surface area (Å²) in [6.45, 7) is 6.35. The number of anilines is 1. The van der Waals surface area contributed by atoms with Crippen LogP contribution in [0.25, 0.3) is 0 Å². The third-order valence-corrected chi connectivity index (χ3v) is 2.98. The van der Waals surface area contributed by atoms with Crippen molar-refractivity contribution in [1.29, 1.82) is 0 Å². The van der Waals surface area contributed by atoms with Gasteiger partial charge in [0.1, 0.15) is 17.1 Å². The lowest BCUT2D eigenvalue weighted by molar-refractivity contribution is 0.340. The number of nitrogens with two attached hydrogens (primary N) is 1. The van der Waals surface area contributed by atoms with Gasteiger partial charge in [-0.3, -0.25) is 4.68 Å². The summed E-state index contributed by atoms with van der Waals surface area (Å²) in [7, 11) is 1.88. The van der Waals surface area contributed by atoms with Crippen LogP contribution in [0, 0.1) is 13.8 Å². The van der Waals surface area contributed by atoms with E-state index in [0.717, 1.165) is 17.1 Å². The van der Waals surface area contributed by atoms with E-state index in [1.54, 1.807) is 4.68 Å². The van der Waals surface area contributed by atoms with Gasteiger partial charge in [0.05, 0.1) is 12.3 Å². The molecule has 0 spiro atoms. The minimum Gasteiger partial charge on any atom is -0.492 e. The van der Waals surface area contributed by atoms with E-state index in [-0.39, 0.29) is 0 Å². The van der Waals surface area contributed by atoms with Crippen LogP contribution >= 0.6 is 0 Å². The second kappa shape index (κ2) is 5.22. The highest BCUT2D eigenvalue weighted by Crippen LogP contribution is 2.36. The molecule has 102 valence electrons. The zero-order valence-corrected chi connectivity index (χ0v) is 11.7. The first kappa shape index (κ1) is 13.3. The second-order valence-electron chi connectivity index (χ2n) is 4.33. The van der Waals surface area contributed by atoms with E-state index < -0.39 is 0 Å². The monoisotopic (exact) mass is 261 g/mol. The fourth-order valence-corrected chi connectivity index (χ4v) is 1.91. The molecule has 0 saturated carbocycles. The van der Waals surface area contributed by atoms with Crippen LogP contribution in [0.1, 0.15) is 18.3 Å². The average molecular weight is 261 g/mol. The predicted octanol–water partition coefficient (Wildman–Crippen LogP) is 2.81. The van der Waals surface area contributed by atoms with Crippen molar-refractivity contribution < 1.29 is 9.47 Å². The molecule has 2 aromatic rings. The summed E-state index contributed by atoms with van der Waals surface area (Å²) in [6.07, 6.45) is 0. The first-order valence-electron chi connectivity index (χ1n) is 6.24. The largest absolute Gasteiger partial charge is 0.492 e. The molecule has 0 unspecified atom stereocenters. The van der Waals surface area contributed by atoms with E-state index in [4.69, 9.17) is 15.2 Å². The molecule has 0 saturated heterocycles. The van der Waals surface area contributed by atoms with Gasteiger partial charge < -0.3 is 15.2 Å². The molecule has 0 atom stereocenters. The highest BCUT2D eigenvalue weighted by Gasteiger charge is 2.14. The number of hydrogen-bond donors (Lipinski definition) is 1. The van der Waals surface area contributed by atoms with Crippen molar-refractivity contribution in [1.82, 2.24) is 9.78 Å². The Morgan fingerprint density at radius 1 is 1.26 bits per heavy atom. The molecular weight excluding hydrogens is 242 g/mol. The zero-order chi connectivity index (χ0) is 14.0. The maximum absolute atomic E-state index is 6.05. The normalized spacial score (nSPS) is 10.5. The van der Waals surface area contributed by atoms with Gasteiger partial charge in [-0.05, 0) is 32.9 Å². The zero-order valence-electron chi connectivity index (χ0n) is 11.7. The Bertz CT molecular complexity index is 591. The van der Waals surface area contributed by atoms with Crippen molar-refractivity contribution in [2.24, 2.45) is 7.05 Å². The van der Waals surface area contributed by atoms with E-state index in [2.05, 4.69) is 5.10 Å². The molecule has 0 amide bonds. The minimum atomic E-state index is 0.506. The fourth-order valence-electron chi connectivity index (χ4n) is 1.91.